The van der Waals surface area contributed by atoms with Gasteiger partial charge in [0, 0.05) is 6.54 Å². The molecule has 21 heavy (non-hydrogen) atoms. The first kappa shape index (κ1) is 15.2. The number of rotatable bonds is 6. The van der Waals surface area contributed by atoms with E-state index in [-0.39, 0.29) is 23.8 Å². The van der Waals surface area contributed by atoms with Gasteiger partial charge in [0.05, 0.1) is 5.56 Å². The van der Waals surface area contributed by atoms with Gasteiger partial charge in [-0.15, -0.1) is 0 Å². The Labute approximate surface area is 124 Å². The highest BCUT2D eigenvalue weighted by molar-refractivity contribution is 5.99. The maximum Gasteiger partial charge on any atom is 0.257 e. The molecular weight excluding hydrogens is 270 g/mol. The molecule has 1 amide bonds. The zero-order valence-electron chi connectivity index (χ0n) is 12.1. The maximum atomic E-state index is 11.8. The summed E-state index contributed by atoms with van der Waals surface area (Å²) in [7, 11) is 0. The van der Waals surface area contributed by atoms with Crippen LogP contribution in [0.5, 0.6) is 5.75 Å². The predicted molar refractivity (Wildman–Crippen MR) is 79.4 cm³/mol. The Bertz CT molecular complexity index is 539. The highest BCUT2D eigenvalue weighted by atomic mass is 16.5. The molecule has 0 unspecified atom stereocenters. The Morgan fingerprint density at radius 1 is 1.48 bits per heavy atom. The van der Waals surface area contributed by atoms with Gasteiger partial charge < -0.3 is 21.0 Å². The van der Waals surface area contributed by atoms with Crippen molar-refractivity contribution in [1.82, 2.24) is 5.32 Å². The first-order chi connectivity index (χ1) is 10.0. The lowest BCUT2D eigenvalue weighted by Gasteiger charge is -2.38. The van der Waals surface area contributed by atoms with Crippen molar-refractivity contribution < 1.29 is 14.7 Å². The van der Waals surface area contributed by atoms with Gasteiger partial charge in [0.1, 0.15) is 5.75 Å². The van der Waals surface area contributed by atoms with Gasteiger partial charge in [0.25, 0.3) is 5.91 Å². The minimum Gasteiger partial charge on any atom is -0.483 e. The van der Waals surface area contributed by atoms with Crippen molar-refractivity contribution in [2.24, 2.45) is 16.3 Å². The number of nitrogens with zero attached hydrogens (tertiary/aromatic N) is 1. The van der Waals surface area contributed by atoms with Crippen LogP contribution in [0.2, 0.25) is 0 Å². The van der Waals surface area contributed by atoms with Gasteiger partial charge in [-0.2, -0.15) is 0 Å². The number of amides is 1. The topological polar surface area (TPSA) is 96.9 Å². The number of amidine groups is 1. The van der Waals surface area contributed by atoms with Crippen LogP contribution >= 0.6 is 0 Å². The molecule has 0 radical (unpaired) electrons. The van der Waals surface area contributed by atoms with E-state index < -0.39 is 0 Å². The zero-order chi connectivity index (χ0) is 15.3. The Balaban J connectivity index is 1.86. The zero-order valence-corrected chi connectivity index (χ0v) is 12.1. The van der Waals surface area contributed by atoms with Crippen LogP contribution in [0.1, 0.15) is 31.7 Å². The monoisotopic (exact) mass is 291 g/mol. The van der Waals surface area contributed by atoms with Gasteiger partial charge in [-0.1, -0.05) is 30.6 Å². The van der Waals surface area contributed by atoms with E-state index in [2.05, 4.69) is 17.4 Å². The summed E-state index contributed by atoms with van der Waals surface area (Å²) >= 11 is 0. The molecule has 114 valence electrons. The van der Waals surface area contributed by atoms with E-state index in [4.69, 9.17) is 15.7 Å². The van der Waals surface area contributed by atoms with Crippen LogP contribution in [-0.2, 0) is 4.79 Å². The van der Waals surface area contributed by atoms with Gasteiger partial charge >= 0.3 is 0 Å². The molecule has 1 aliphatic carbocycles. The molecule has 0 aromatic heterocycles. The third-order valence-electron chi connectivity index (χ3n) is 3.90. The molecule has 4 N–H and O–H groups in total. The number of nitrogens with one attached hydrogen (secondary N) is 1. The molecule has 0 heterocycles. The number of benzene rings is 1. The minimum atomic E-state index is -0.169. The molecule has 0 atom stereocenters. The fourth-order valence-corrected chi connectivity index (χ4v) is 2.32. The molecule has 1 fully saturated rings. The third-order valence-corrected chi connectivity index (χ3v) is 3.90. The third kappa shape index (κ3) is 3.87. The van der Waals surface area contributed by atoms with Gasteiger partial charge in [0.15, 0.2) is 12.4 Å². The number of para-hydroxylation sites is 1. The Morgan fingerprint density at radius 3 is 2.81 bits per heavy atom. The second-order valence-electron chi connectivity index (χ2n) is 5.71. The second-order valence-corrected chi connectivity index (χ2v) is 5.71. The van der Waals surface area contributed by atoms with Crippen molar-refractivity contribution >= 4 is 11.7 Å². The molecule has 6 heteroatoms. The lowest BCUT2D eigenvalue weighted by molar-refractivity contribution is -0.123. The molecular formula is C15H21N3O3. The van der Waals surface area contributed by atoms with Gasteiger partial charge in [-0.3, -0.25) is 4.79 Å². The first-order valence-corrected chi connectivity index (χ1v) is 7.00. The normalized spacial score (nSPS) is 16.9. The summed E-state index contributed by atoms with van der Waals surface area (Å²) in [5.41, 5.74) is 6.26. The molecule has 1 aliphatic rings. The first-order valence-electron chi connectivity index (χ1n) is 7.00. The summed E-state index contributed by atoms with van der Waals surface area (Å²) < 4.78 is 5.45. The highest BCUT2D eigenvalue weighted by Gasteiger charge is 2.31. The van der Waals surface area contributed by atoms with Crippen LogP contribution in [0.25, 0.3) is 0 Å². The number of ether oxygens (including phenoxy) is 1. The molecule has 6 nitrogen and oxygen atoms in total. The lowest BCUT2D eigenvalue weighted by Crippen LogP contribution is -2.41. The Morgan fingerprint density at radius 2 is 2.19 bits per heavy atom. The van der Waals surface area contributed by atoms with Crippen molar-refractivity contribution in [3.8, 4) is 5.75 Å². The average Bonchev–Trinajstić information content (AvgIpc) is 2.48. The van der Waals surface area contributed by atoms with Crippen molar-refractivity contribution in [2.45, 2.75) is 26.2 Å². The summed E-state index contributed by atoms with van der Waals surface area (Å²) in [6, 6.07) is 6.85. The summed E-state index contributed by atoms with van der Waals surface area (Å²) in [6.07, 6.45) is 3.54. The SMILES string of the molecule is CC1(CNC(=O)COc2ccccc2/C(N)=N/O)CCC1. The van der Waals surface area contributed by atoms with Crippen LogP contribution in [0.3, 0.4) is 0 Å². The number of carbonyl (C=O) groups excluding carboxylic acids is 1. The fourth-order valence-electron chi connectivity index (χ4n) is 2.32. The quantitative estimate of drug-likeness (QED) is 0.320. The van der Waals surface area contributed by atoms with Crippen LogP contribution in [0.4, 0.5) is 0 Å². The van der Waals surface area contributed by atoms with Crippen molar-refractivity contribution in [3.63, 3.8) is 0 Å². The van der Waals surface area contributed by atoms with E-state index in [1.807, 2.05) is 0 Å². The Hall–Kier alpha value is -2.24. The molecule has 1 aromatic carbocycles. The highest BCUT2D eigenvalue weighted by Crippen LogP contribution is 2.39. The van der Waals surface area contributed by atoms with E-state index in [0.29, 0.717) is 17.9 Å². The molecule has 0 saturated heterocycles. The van der Waals surface area contributed by atoms with Crippen molar-refractivity contribution in [3.05, 3.63) is 29.8 Å². The summed E-state index contributed by atoms with van der Waals surface area (Å²) in [4.78, 5) is 11.8. The van der Waals surface area contributed by atoms with E-state index in [9.17, 15) is 4.79 Å². The molecule has 2 rings (SSSR count). The van der Waals surface area contributed by atoms with E-state index in [1.54, 1.807) is 24.3 Å². The summed E-state index contributed by atoms with van der Waals surface area (Å²) in [5.74, 6) is 0.197. The number of hydrogen-bond donors (Lipinski definition) is 3. The number of hydrogen-bond acceptors (Lipinski definition) is 4. The van der Waals surface area contributed by atoms with Crippen LogP contribution in [0, 0.1) is 5.41 Å². The smallest absolute Gasteiger partial charge is 0.257 e. The minimum absolute atomic E-state index is 0.0482. The number of carbonyl (C=O) groups is 1. The Kier molecular flexibility index (Phi) is 4.67. The molecule has 1 saturated carbocycles. The maximum absolute atomic E-state index is 11.8. The predicted octanol–water partition coefficient (Wildman–Crippen LogP) is 1.47. The van der Waals surface area contributed by atoms with Gasteiger partial charge in [-0.05, 0) is 30.4 Å². The molecule has 0 aliphatic heterocycles. The van der Waals surface area contributed by atoms with Crippen LogP contribution in [0.15, 0.2) is 29.4 Å². The summed E-state index contributed by atoms with van der Waals surface area (Å²) in [5, 5.41) is 14.6. The standard InChI is InChI=1S/C15H21N3O3/c1-15(7-4-8-15)10-17-13(19)9-21-12-6-3-2-5-11(12)14(16)18-20/h2-3,5-6,20H,4,7-10H2,1H3,(H2,16,18)(H,17,19). The van der Waals surface area contributed by atoms with E-state index >= 15 is 0 Å². The fraction of sp³-hybridized carbons (Fsp3) is 0.467. The van der Waals surface area contributed by atoms with E-state index in [1.165, 1.54) is 6.42 Å². The average molecular weight is 291 g/mol. The van der Waals surface area contributed by atoms with Crippen LogP contribution < -0.4 is 15.8 Å². The van der Waals surface area contributed by atoms with Gasteiger partial charge in [-0.25, -0.2) is 0 Å². The number of nitrogens with two attached hydrogens (primary N) is 1. The summed E-state index contributed by atoms with van der Waals surface area (Å²) in [6.45, 7) is 2.76. The lowest BCUT2D eigenvalue weighted by atomic mass is 9.70. The molecule has 0 bridgehead atoms. The van der Waals surface area contributed by atoms with Gasteiger partial charge in [0.2, 0.25) is 0 Å². The molecule has 0 spiro atoms. The second kappa shape index (κ2) is 6.47. The van der Waals surface area contributed by atoms with Crippen LogP contribution in [-0.4, -0.2) is 30.1 Å². The largest absolute Gasteiger partial charge is 0.483 e. The van der Waals surface area contributed by atoms with E-state index in [0.717, 1.165) is 12.8 Å². The van der Waals surface area contributed by atoms with Crippen molar-refractivity contribution in [2.75, 3.05) is 13.2 Å². The van der Waals surface area contributed by atoms with Crippen molar-refractivity contribution in [1.29, 1.82) is 0 Å². The number of oxime groups is 1. The molecule has 1 aromatic rings.